The molecule has 0 bridgehead atoms. The Morgan fingerprint density at radius 1 is 1.33 bits per heavy atom. The molecule has 0 fully saturated rings. The SMILES string of the molecule is COC(=O)c1c(NC(=O)c2ccc(NCCO)c([N+](=O)[O-])c2)sc(C)c1C. The van der Waals surface area contributed by atoms with Crippen LogP contribution in [0, 0.1) is 24.0 Å². The van der Waals surface area contributed by atoms with Gasteiger partial charge >= 0.3 is 5.97 Å². The van der Waals surface area contributed by atoms with E-state index in [0.717, 1.165) is 10.9 Å². The number of aliphatic hydroxyl groups excluding tert-OH is 1. The van der Waals surface area contributed by atoms with Crippen LogP contribution in [0.25, 0.3) is 0 Å². The standard InChI is InChI=1S/C17H19N3O6S/c1-9-10(2)27-16(14(9)17(23)26-3)19-15(22)11-4-5-12(18-6-7-21)13(8-11)20(24)25/h4-5,8,18,21H,6-7H2,1-3H3,(H,19,22). The van der Waals surface area contributed by atoms with Gasteiger partial charge in [0.1, 0.15) is 10.7 Å². The second kappa shape index (κ2) is 8.60. The molecule has 0 spiro atoms. The van der Waals surface area contributed by atoms with Crippen LogP contribution < -0.4 is 10.6 Å². The van der Waals surface area contributed by atoms with Crippen LogP contribution in [0.2, 0.25) is 0 Å². The number of nitrogens with zero attached hydrogens (tertiary/aromatic N) is 1. The molecule has 0 atom stereocenters. The van der Waals surface area contributed by atoms with Crippen molar-refractivity contribution in [2.45, 2.75) is 13.8 Å². The first-order valence-electron chi connectivity index (χ1n) is 7.93. The maximum Gasteiger partial charge on any atom is 0.341 e. The number of nitrogens with one attached hydrogen (secondary N) is 2. The lowest BCUT2D eigenvalue weighted by Gasteiger charge is -2.09. The number of nitro benzene ring substituents is 1. The highest BCUT2D eigenvalue weighted by Gasteiger charge is 2.23. The molecule has 1 aromatic carbocycles. The van der Waals surface area contributed by atoms with Crippen molar-refractivity contribution in [1.29, 1.82) is 0 Å². The van der Waals surface area contributed by atoms with Crippen LogP contribution in [0.4, 0.5) is 16.4 Å². The van der Waals surface area contributed by atoms with Crippen LogP contribution in [-0.2, 0) is 4.74 Å². The quantitative estimate of drug-likeness (QED) is 0.374. The van der Waals surface area contributed by atoms with Crippen molar-refractivity contribution in [3.05, 3.63) is 49.9 Å². The van der Waals surface area contributed by atoms with Crippen molar-refractivity contribution in [3.8, 4) is 0 Å². The first-order valence-corrected chi connectivity index (χ1v) is 8.74. The molecule has 0 radical (unpaired) electrons. The number of methoxy groups -OCH3 is 1. The van der Waals surface area contributed by atoms with Crippen molar-refractivity contribution < 1.29 is 24.4 Å². The van der Waals surface area contributed by atoms with Crippen LogP contribution in [0.1, 0.15) is 31.2 Å². The van der Waals surface area contributed by atoms with Crippen LogP contribution in [0.15, 0.2) is 18.2 Å². The van der Waals surface area contributed by atoms with E-state index in [1.807, 2.05) is 6.92 Å². The minimum Gasteiger partial charge on any atom is -0.465 e. The van der Waals surface area contributed by atoms with Crippen molar-refractivity contribution in [1.82, 2.24) is 0 Å². The Labute approximate surface area is 159 Å². The number of anilines is 2. The van der Waals surface area contributed by atoms with Gasteiger partial charge in [-0.25, -0.2) is 4.79 Å². The highest BCUT2D eigenvalue weighted by Crippen LogP contribution is 2.33. The fourth-order valence-corrected chi connectivity index (χ4v) is 3.45. The maximum atomic E-state index is 12.6. The number of ether oxygens (including phenoxy) is 1. The lowest BCUT2D eigenvalue weighted by atomic mass is 10.1. The summed E-state index contributed by atoms with van der Waals surface area (Å²) in [5.41, 5.74) is 0.947. The van der Waals surface area contributed by atoms with Gasteiger partial charge in [-0.2, -0.15) is 0 Å². The molecule has 0 aliphatic carbocycles. The molecule has 9 nitrogen and oxygen atoms in total. The van der Waals surface area contributed by atoms with Gasteiger partial charge in [-0.3, -0.25) is 14.9 Å². The number of carbonyl (C=O) groups is 2. The summed E-state index contributed by atoms with van der Waals surface area (Å²) in [6.45, 7) is 3.52. The van der Waals surface area contributed by atoms with E-state index in [1.165, 1.54) is 30.6 Å². The molecule has 1 aromatic heterocycles. The third-order valence-corrected chi connectivity index (χ3v) is 5.01. The third-order valence-electron chi connectivity index (χ3n) is 3.89. The molecular weight excluding hydrogens is 374 g/mol. The Kier molecular flexibility index (Phi) is 6.48. The van der Waals surface area contributed by atoms with E-state index in [-0.39, 0.29) is 35.7 Å². The Morgan fingerprint density at radius 3 is 2.63 bits per heavy atom. The van der Waals surface area contributed by atoms with E-state index < -0.39 is 16.8 Å². The second-order valence-electron chi connectivity index (χ2n) is 5.57. The smallest absolute Gasteiger partial charge is 0.341 e. The number of benzene rings is 1. The van der Waals surface area contributed by atoms with Crippen LogP contribution in [0.5, 0.6) is 0 Å². The van der Waals surface area contributed by atoms with Crippen molar-refractivity contribution in [2.75, 3.05) is 30.9 Å². The molecule has 0 saturated heterocycles. The van der Waals surface area contributed by atoms with E-state index in [2.05, 4.69) is 10.6 Å². The Hall–Kier alpha value is -2.98. The average molecular weight is 393 g/mol. The molecule has 1 heterocycles. The predicted octanol–water partition coefficient (Wildman–Crippen LogP) is 2.72. The molecule has 27 heavy (non-hydrogen) atoms. The molecule has 10 heteroatoms. The van der Waals surface area contributed by atoms with Crippen molar-refractivity contribution >= 4 is 39.6 Å². The molecule has 2 rings (SSSR count). The molecule has 0 aliphatic heterocycles. The molecule has 0 unspecified atom stereocenters. The van der Waals surface area contributed by atoms with Crippen molar-refractivity contribution in [3.63, 3.8) is 0 Å². The number of aryl methyl sites for hydroxylation is 1. The number of hydrogen-bond acceptors (Lipinski definition) is 8. The number of carbonyl (C=O) groups excluding carboxylic acids is 2. The van der Waals surface area contributed by atoms with Gasteiger partial charge < -0.3 is 20.5 Å². The predicted molar refractivity (Wildman–Crippen MR) is 102 cm³/mol. The summed E-state index contributed by atoms with van der Waals surface area (Å²) in [4.78, 5) is 36.0. The van der Waals surface area contributed by atoms with Gasteiger partial charge in [0.05, 0.1) is 24.2 Å². The summed E-state index contributed by atoms with van der Waals surface area (Å²) in [6.07, 6.45) is 0. The highest BCUT2D eigenvalue weighted by molar-refractivity contribution is 7.16. The monoisotopic (exact) mass is 393 g/mol. The normalized spacial score (nSPS) is 10.4. The first-order chi connectivity index (χ1) is 12.8. The van der Waals surface area contributed by atoms with Gasteiger partial charge in [-0.05, 0) is 31.5 Å². The first kappa shape index (κ1) is 20.3. The van der Waals surface area contributed by atoms with Crippen LogP contribution in [-0.4, -0.2) is 42.2 Å². The Bertz CT molecular complexity index is 893. The minimum absolute atomic E-state index is 0.0655. The van der Waals surface area contributed by atoms with Crippen molar-refractivity contribution in [2.24, 2.45) is 0 Å². The van der Waals surface area contributed by atoms with E-state index >= 15 is 0 Å². The van der Waals surface area contributed by atoms with Gasteiger partial charge in [0.2, 0.25) is 0 Å². The molecule has 3 N–H and O–H groups in total. The van der Waals surface area contributed by atoms with Crippen LogP contribution in [0.3, 0.4) is 0 Å². The van der Waals surface area contributed by atoms with Crippen LogP contribution >= 0.6 is 11.3 Å². The molecule has 0 aliphatic rings. The van der Waals surface area contributed by atoms with E-state index in [9.17, 15) is 19.7 Å². The zero-order valence-corrected chi connectivity index (χ0v) is 15.8. The lowest BCUT2D eigenvalue weighted by molar-refractivity contribution is -0.384. The van der Waals surface area contributed by atoms with Gasteiger partial charge in [-0.1, -0.05) is 0 Å². The number of amides is 1. The zero-order chi connectivity index (χ0) is 20.1. The van der Waals surface area contributed by atoms with Gasteiger partial charge in [0.25, 0.3) is 11.6 Å². The number of aliphatic hydroxyl groups is 1. The summed E-state index contributed by atoms with van der Waals surface area (Å²) >= 11 is 1.23. The molecule has 0 saturated carbocycles. The summed E-state index contributed by atoms with van der Waals surface area (Å²) < 4.78 is 4.76. The fourth-order valence-electron chi connectivity index (χ4n) is 2.40. The molecule has 2 aromatic rings. The Balaban J connectivity index is 2.34. The third kappa shape index (κ3) is 4.41. The van der Waals surface area contributed by atoms with Gasteiger partial charge in [-0.15, -0.1) is 11.3 Å². The molecule has 144 valence electrons. The van der Waals surface area contributed by atoms with E-state index in [0.29, 0.717) is 10.6 Å². The summed E-state index contributed by atoms with van der Waals surface area (Å²) in [5, 5.41) is 25.8. The average Bonchev–Trinajstić information content (AvgIpc) is 2.92. The zero-order valence-electron chi connectivity index (χ0n) is 15.0. The fraction of sp³-hybridized carbons (Fsp3) is 0.294. The topological polar surface area (TPSA) is 131 Å². The second-order valence-corrected chi connectivity index (χ2v) is 6.80. The maximum absolute atomic E-state index is 12.6. The summed E-state index contributed by atoms with van der Waals surface area (Å²) in [7, 11) is 1.25. The Morgan fingerprint density at radius 2 is 2.04 bits per heavy atom. The molecular formula is C17H19N3O6S. The molecule has 1 amide bonds. The number of hydrogen-bond donors (Lipinski definition) is 3. The van der Waals surface area contributed by atoms with E-state index in [4.69, 9.17) is 9.84 Å². The summed E-state index contributed by atoms with van der Waals surface area (Å²) in [5.74, 6) is -1.15. The number of nitro groups is 1. The minimum atomic E-state index is -0.615. The number of thiophene rings is 1. The van der Waals surface area contributed by atoms with Gasteiger partial charge in [0.15, 0.2) is 0 Å². The lowest BCUT2D eigenvalue weighted by Crippen LogP contribution is -2.15. The van der Waals surface area contributed by atoms with E-state index in [1.54, 1.807) is 6.92 Å². The number of rotatable bonds is 7. The summed E-state index contributed by atoms with van der Waals surface area (Å²) in [6, 6.07) is 3.96. The largest absolute Gasteiger partial charge is 0.465 e. The number of esters is 1. The highest BCUT2D eigenvalue weighted by atomic mass is 32.1. The van der Waals surface area contributed by atoms with Gasteiger partial charge in [0, 0.05) is 23.1 Å².